The number of benzene rings is 1. The van der Waals surface area contributed by atoms with Crippen LogP contribution in [0.2, 0.25) is 0 Å². The van der Waals surface area contributed by atoms with Crippen molar-refractivity contribution < 1.29 is 14.3 Å². The van der Waals surface area contributed by atoms with Gasteiger partial charge < -0.3 is 10.1 Å². The monoisotopic (exact) mass is 334 g/mol. The number of carbonyl (C=O) groups is 2. The molecule has 1 N–H and O–H groups in total. The zero-order valence-corrected chi connectivity index (χ0v) is 12.2. The number of anilines is 1. The summed E-state index contributed by atoms with van der Waals surface area (Å²) >= 11 is 3.20. The molecule has 0 aliphatic rings. The molecule has 102 valence electrons. The summed E-state index contributed by atoms with van der Waals surface area (Å²) in [7, 11) is 1.31. The van der Waals surface area contributed by atoms with Gasteiger partial charge in [0, 0.05) is 17.4 Å². The van der Waals surface area contributed by atoms with Gasteiger partial charge in [0.1, 0.15) is 4.60 Å². The molecule has 2 rings (SSSR count). The first-order valence-electron chi connectivity index (χ1n) is 5.71. The van der Waals surface area contributed by atoms with Crippen LogP contribution in [0.15, 0.2) is 47.2 Å². The Labute approximate surface area is 124 Å². The van der Waals surface area contributed by atoms with E-state index >= 15 is 0 Å². The summed E-state index contributed by atoms with van der Waals surface area (Å²) in [4.78, 5) is 27.4. The highest BCUT2D eigenvalue weighted by Gasteiger charge is 2.09. The molecule has 20 heavy (non-hydrogen) atoms. The van der Waals surface area contributed by atoms with Crippen molar-refractivity contribution in [3.8, 4) is 0 Å². The number of pyridine rings is 1. The van der Waals surface area contributed by atoms with Crippen LogP contribution in [-0.4, -0.2) is 24.0 Å². The van der Waals surface area contributed by atoms with Crippen molar-refractivity contribution in [1.82, 2.24) is 4.98 Å². The smallest absolute Gasteiger partial charge is 0.337 e. The second-order valence-corrected chi connectivity index (χ2v) is 4.71. The third-order valence-electron chi connectivity index (χ3n) is 2.53. The Bertz CT molecular complexity index is 658. The van der Waals surface area contributed by atoms with Crippen LogP contribution >= 0.6 is 15.9 Å². The summed E-state index contributed by atoms with van der Waals surface area (Å²) in [6.07, 6.45) is 1.53. The summed E-state index contributed by atoms with van der Waals surface area (Å²) in [5.74, 6) is -0.733. The molecule has 1 heterocycles. The molecular formula is C14H11BrN2O3. The van der Waals surface area contributed by atoms with E-state index in [2.05, 4.69) is 31.0 Å². The molecule has 6 heteroatoms. The van der Waals surface area contributed by atoms with E-state index in [0.717, 1.165) is 0 Å². The average Bonchev–Trinajstić information content (AvgIpc) is 2.46. The van der Waals surface area contributed by atoms with E-state index in [1.54, 1.807) is 36.4 Å². The fourth-order valence-electron chi connectivity index (χ4n) is 1.59. The van der Waals surface area contributed by atoms with Crippen LogP contribution < -0.4 is 5.32 Å². The van der Waals surface area contributed by atoms with Gasteiger partial charge in [-0.3, -0.25) is 4.79 Å². The number of nitrogens with zero attached hydrogens (tertiary/aromatic N) is 1. The van der Waals surface area contributed by atoms with Gasteiger partial charge in [0.25, 0.3) is 5.91 Å². The maximum Gasteiger partial charge on any atom is 0.337 e. The molecule has 0 bridgehead atoms. The van der Waals surface area contributed by atoms with Crippen LogP contribution in [0.4, 0.5) is 5.69 Å². The van der Waals surface area contributed by atoms with Crippen LogP contribution in [0.25, 0.3) is 0 Å². The topological polar surface area (TPSA) is 68.3 Å². The lowest BCUT2D eigenvalue weighted by molar-refractivity contribution is 0.0600. The van der Waals surface area contributed by atoms with Crippen molar-refractivity contribution in [3.05, 3.63) is 58.3 Å². The predicted molar refractivity (Wildman–Crippen MR) is 77.7 cm³/mol. The molecule has 0 unspecified atom stereocenters. The molecule has 1 amide bonds. The fourth-order valence-corrected chi connectivity index (χ4v) is 1.95. The first kappa shape index (κ1) is 14.2. The molecule has 0 atom stereocenters. The molecule has 0 saturated heterocycles. The van der Waals surface area contributed by atoms with E-state index in [4.69, 9.17) is 0 Å². The minimum Gasteiger partial charge on any atom is -0.465 e. The second-order valence-electron chi connectivity index (χ2n) is 3.89. The highest BCUT2D eigenvalue weighted by atomic mass is 79.9. The molecule has 0 aliphatic carbocycles. The van der Waals surface area contributed by atoms with Crippen molar-refractivity contribution in [2.75, 3.05) is 12.4 Å². The van der Waals surface area contributed by atoms with E-state index in [1.807, 2.05) is 0 Å². The number of methoxy groups -OCH3 is 1. The lowest BCUT2D eigenvalue weighted by atomic mass is 10.2. The molecule has 5 nitrogen and oxygen atoms in total. The highest BCUT2D eigenvalue weighted by molar-refractivity contribution is 9.10. The van der Waals surface area contributed by atoms with Crippen LogP contribution in [0.5, 0.6) is 0 Å². The van der Waals surface area contributed by atoms with E-state index in [-0.39, 0.29) is 5.91 Å². The number of hydrogen-bond donors (Lipinski definition) is 1. The highest BCUT2D eigenvalue weighted by Crippen LogP contribution is 2.14. The SMILES string of the molecule is COC(=O)c1cccc(NC(=O)c2ccnc(Br)c2)c1. The number of ether oxygens (including phenoxy) is 1. The van der Waals surface area contributed by atoms with Crippen LogP contribution in [0.1, 0.15) is 20.7 Å². The Hall–Kier alpha value is -2.21. The quantitative estimate of drug-likeness (QED) is 0.692. The molecule has 2 aromatic rings. The molecule has 1 aromatic carbocycles. The number of halogens is 1. The van der Waals surface area contributed by atoms with Gasteiger partial charge in [-0.25, -0.2) is 9.78 Å². The van der Waals surface area contributed by atoms with Gasteiger partial charge in [-0.2, -0.15) is 0 Å². The molecular weight excluding hydrogens is 324 g/mol. The number of nitrogens with one attached hydrogen (secondary N) is 1. The van der Waals surface area contributed by atoms with E-state index in [1.165, 1.54) is 13.3 Å². The van der Waals surface area contributed by atoms with Crippen molar-refractivity contribution in [3.63, 3.8) is 0 Å². The van der Waals surface area contributed by atoms with Crippen LogP contribution in [0.3, 0.4) is 0 Å². The molecule has 0 fully saturated rings. The minimum atomic E-state index is -0.451. The summed E-state index contributed by atoms with van der Waals surface area (Å²) in [6.45, 7) is 0. The number of carbonyl (C=O) groups excluding carboxylic acids is 2. The summed E-state index contributed by atoms with van der Waals surface area (Å²) in [5.41, 5.74) is 1.36. The van der Waals surface area contributed by atoms with Gasteiger partial charge in [0.15, 0.2) is 0 Å². The van der Waals surface area contributed by atoms with Crippen molar-refractivity contribution in [2.24, 2.45) is 0 Å². The van der Waals surface area contributed by atoms with Gasteiger partial charge >= 0.3 is 5.97 Å². The summed E-state index contributed by atoms with van der Waals surface area (Å²) < 4.78 is 5.21. The summed E-state index contributed by atoms with van der Waals surface area (Å²) in [6, 6.07) is 9.75. The third-order valence-corrected chi connectivity index (χ3v) is 2.96. The van der Waals surface area contributed by atoms with Gasteiger partial charge in [0.2, 0.25) is 0 Å². The van der Waals surface area contributed by atoms with Gasteiger partial charge in [-0.15, -0.1) is 0 Å². The lowest BCUT2D eigenvalue weighted by Crippen LogP contribution is -2.12. The lowest BCUT2D eigenvalue weighted by Gasteiger charge is -2.07. The maximum absolute atomic E-state index is 12.0. The van der Waals surface area contributed by atoms with Crippen molar-refractivity contribution in [1.29, 1.82) is 0 Å². The van der Waals surface area contributed by atoms with E-state index in [9.17, 15) is 9.59 Å². The maximum atomic E-state index is 12.0. The van der Waals surface area contributed by atoms with Crippen molar-refractivity contribution in [2.45, 2.75) is 0 Å². The second kappa shape index (κ2) is 6.29. The molecule has 0 aliphatic heterocycles. The zero-order valence-electron chi connectivity index (χ0n) is 10.6. The standard InChI is InChI=1S/C14H11BrN2O3/c1-20-14(19)10-3-2-4-11(7-10)17-13(18)9-5-6-16-12(15)8-9/h2-8H,1H3,(H,17,18). The Balaban J connectivity index is 2.18. The molecule has 1 aromatic heterocycles. The largest absolute Gasteiger partial charge is 0.465 e. The molecule has 0 spiro atoms. The Morgan fingerprint density at radius 2 is 2.00 bits per heavy atom. The van der Waals surface area contributed by atoms with E-state index < -0.39 is 5.97 Å². The van der Waals surface area contributed by atoms with Crippen LogP contribution in [0, 0.1) is 0 Å². The normalized spacial score (nSPS) is 9.90. The zero-order chi connectivity index (χ0) is 14.5. The molecule has 0 saturated carbocycles. The first-order valence-corrected chi connectivity index (χ1v) is 6.51. The van der Waals surface area contributed by atoms with Crippen LogP contribution in [-0.2, 0) is 4.74 Å². The summed E-state index contributed by atoms with van der Waals surface area (Å²) in [5, 5.41) is 2.71. The van der Waals surface area contributed by atoms with Gasteiger partial charge in [-0.05, 0) is 46.3 Å². The number of esters is 1. The fraction of sp³-hybridized carbons (Fsp3) is 0.0714. The average molecular weight is 335 g/mol. The van der Waals surface area contributed by atoms with Crippen molar-refractivity contribution >= 4 is 33.5 Å². The minimum absolute atomic E-state index is 0.282. The van der Waals surface area contributed by atoms with E-state index in [0.29, 0.717) is 21.4 Å². The number of hydrogen-bond acceptors (Lipinski definition) is 4. The number of rotatable bonds is 3. The van der Waals surface area contributed by atoms with Gasteiger partial charge in [-0.1, -0.05) is 6.07 Å². The Morgan fingerprint density at radius 1 is 1.20 bits per heavy atom. The number of aromatic nitrogens is 1. The first-order chi connectivity index (χ1) is 9.60. The predicted octanol–water partition coefficient (Wildman–Crippen LogP) is 2.88. The van der Waals surface area contributed by atoms with Gasteiger partial charge in [0.05, 0.1) is 12.7 Å². The number of amides is 1. The molecule has 0 radical (unpaired) electrons. The third kappa shape index (κ3) is 3.42. The Morgan fingerprint density at radius 3 is 2.70 bits per heavy atom. The Kier molecular flexibility index (Phi) is 4.47.